The Kier molecular flexibility index (Phi) is 3.81. The third-order valence-electron chi connectivity index (χ3n) is 2.48. The lowest BCUT2D eigenvalue weighted by atomic mass is 10.1. The van der Waals surface area contributed by atoms with Crippen LogP contribution in [-0.4, -0.2) is 15.4 Å². The summed E-state index contributed by atoms with van der Waals surface area (Å²) in [6, 6.07) is 9.97. The predicted molar refractivity (Wildman–Crippen MR) is 67.7 cm³/mol. The number of rotatable bonds is 4. The van der Waals surface area contributed by atoms with Crippen LogP contribution in [0.1, 0.15) is 24.4 Å². The Morgan fingerprint density at radius 3 is 2.53 bits per heavy atom. The summed E-state index contributed by atoms with van der Waals surface area (Å²) < 4.78 is 5.33. The summed E-state index contributed by atoms with van der Waals surface area (Å²) >= 11 is 1.50. The van der Waals surface area contributed by atoms with Gasteiger partial charge in [0.1, 0.15) is 0 Å². The molecule has 0 saturated heterocycles. The number of aromatic nitrogens is 2. The summed E-state index contributed by atoms with van der Waals surface area (Å²) in [5.74, 6) is 0.577. The summed E-state index contributed by atoms with van der Waals surface area (Å²) in [5, 5.41) is 8.49. The maximum atomic E-state index is 6.18. The van der Waals surface area contributed by atoms with Gasteiger partial charge < -0.3 is 10.2 Å². The van der Waals surface area contributed by atoms with E-state index in [0.29, 0.717) is 11.1 Å². The minimum Gasteiger partial charge on any atom is -0.416 e. The summed E-state index contributed by atoms with van der Waals surface area (Å²) in [6.45, 7) is 3.83. The van der Waals surface area contributed by atoms with Crippen LogP contribution in [0.5, 0.6) is 0 Å². The fourth-order valence-electron chi connectivity index (χ4n) is 1.50. The highest BCUT2D eigenvalue weighted by atomic mass is 32.2. The van der Waals surface area contributed by atoms with Crippen molar-refractivity contribution in [3.8, 4) is 0 Å². The molecule has 0 fully saturated rings. The smallest absolute Gasteiger partial charge is 0.276 e. The van der Waals surface area contributed by atoms with Gasteiger partial charge in [0.2, 0.25) is 5.89 Å². The van der Waals surface area contributed by atoms with E-state index in [-0.39, 0.29) is 11.3 Å². The Labute approximate surface area is 105 Å². The van der Waals surface area contributed by atoms with Crippen LogP contribution in [0.25, 0.3) is 0 Å². The molecule has 0 spiro atoms. The first-order valence-electron chi connectivity index (χ1n) is 5.44. The molecule has 5 heteroatoms. The zero-order valence-corrected chi connectivity index (χ0v) is 10.6. The van der Waals surface area contributed by atoms with E-state index in [1.807, 2.05) is 30.3 Å². The fourth-order valence-corrected chi connectivity index (χ4v) is 2.38. The van der Waals surface area contributed by atoms with Crippen LogP contribution in [0.4, 0.5) is 0 Å². The maximum Gasteiger partial charge on any atom is 0.276 e. The van der Waals surface area contributed by atoms with Gasteiger partial charge in [0.25, 0.3) is 5.22 Å². The number of benzene rings is 1. The summed E-state index contributed by atoms with van der Waals surface area (Å²) in [4.78, 5) is 0. The molecule has 0 aliphatic rings. The molecule has 2 aromatic rings. The molecule has 1 heterocycles. The van der Waals surface area contributed by atoms with Gasteiger partial charge >= 0.3 is 0 Å². The van der Waals surface area contributed by atoms with E-state index >= 15 is 0 Å². The minimum atomic E-state index is -0.0478. The van der Waals surface area contributed by atoms with Crippen LogP contribution in [0, 0.1) is 6.92 Å². The highest BCUT2D eigenvalue weighted by Crippen LogP contribution is 2.29. The molecule has 90 valence electrons. The average molecular weight is 249 g/mol. The van der Waals surface area contributed by atoms with Gasteiger partial charge in [0.15, 0.2) is 0 Å². The van der Waals surface area contributed by atoms with Crippen molar-refractivity contribution in [2.45, 2.75) is 30.4 Å². The second-order valence-electron chi connectivity index (χ2n) is 3.85. The van der Waals surface area contributed by atoms with Gasteiger partial charge in [-0.15, -0.1) is 10.2 Å². The van der Waals surface area contributed by atoms with Gasteiger partial charge in [-0.25, -0.2) is 0 Å². The Hall–Kier alpha value is -1.33. The molecule has 2 atom stereocenters. The summed E-state index contributed by atoms with van der Waals surface area (Å²) in [6.07, 6.45) is 0. The number of aryl methyl sites for hydroxylation is 1. The molecular formula is C12H15N3OS. The molecule has 0 saturated carbocycles. The van der Waals surface area contributed by atoms with E-state index in [0.717, 1.165) is 5.56 Å². The molecular weight excluding hydrogens is 234 g/mol. The molecule has 1 aromatic heterocycles. The van der Waals surface area contributed by atoms with Gasteiger partial charge in [0.05, 0.1) is 0 Å². The zero-order chi connectivity index (χ0) is 12.3. The largest absolute Gasteiger partial charge is 0.416 e. The van der Waals surface area contributed by atoms with E-state index in [2.05, 4.69) is 17.1 Å². The van der Waals surface area contributed by atoms with E-state index in [1.54, 1.807) is 6.92 Å². The number of nitrogens with two attached hydrogens (primary N) is 1. The number of nitrogens with zero attached hydrogens (tertiary/aromatic N) is 2. The van der Waals surface area contributed by atoms with Crippen molar-refractivity contribution < 1.29 is 4.42 Å². The molecule has 0 radical (unpaired) electrons. The van der Waals surface area contributed by atoms with Crippen molar-refractivity contribution >= 4 is 11.8 Å². The van der Waals surface area contributed by atoms with Crippen LogP contribution < -0.4 is 5.73 Å². The van der Waals surface area contributed by atoms with Crippen molar-refractivity contribution in [3.63, 3.8) is 0 Å². The Balaban J connectivity index is 2.03. The Morgan fingerprint density at radius 1 is 1.24 bits per heavy atom. The molecule has 2 rings (SSSR count). The quantitative estimate of drug-likeness (QED) is 0.844. The highest BCUT2D eigenvalue weighted by Gasteiger charge is 2.18. The highest BCUT2D eigenvalue weighted by molar-refractivity contribution is 7.99. The van der Waals surface area contributed by atoms with Crippen LogP contribution >= 0.6 is 11.8 Å². The minimum absolute atomic E-state index is 0.0478. The number of thioether (sulfide) groups is 1. The third-order valence-corrected chi connectivity index (χ3v) is 3.52. The lowest BCUT2D eigenvalue weighted by Crippen LogP contribution is -2.20. The standard InChI is InChI=1S/C12H15N3OS/c1-8(17-12-15-14-9(2)16-12)11(13)10-6-4-3-5-7-10/h3-8,11H,13H2,1-2H3. The van der Waals surface area contributed by atoms with E-state index < -0.39 is 0 Å². The van der Waals surface area contributed by atoms with Crippen molar-refractivity contribution in [2.75, 3.05) is 0 Å². The fraction of sp³-hybridized carbons (Fsp3) is 0.333. The topological polar surface area (TPSA) is 64.9 Å². The van der Waals surface area contributed by atoms with Gasteiger partial charge in [-0.05, 0) is 5.56 Å². The second kappa shape index (κ2) is 5.33. The molecule has 0 amide bonds. The van der Waals surface area contributed by atoms with Crippen molar-refractivity contribution in [2.24, 2.45) is 5.73 Å². The SMILES string of the molecule is Cc1nnc(SC(C)C(N)c2ccccc2)o1. The zero-order valence-electron chi connectivity index (χ0n) is 9.83. The first-order valence-corrected chi connectivity index (χ1v) is 6.32. The first-order chi connectivity index (χ1) is 8.16. The van der Waals surface area contributed by atoms with Gasteiger partial charge in [-0.1, -0.05) is 49.0 Å². The van der Waals surface area contributed by atoms with Crippen molar-refractivity contribution in [1.29, 1.82) is 0 Å². The Bertz CT molecular complexity index is 472. The van der Waals surface area contributed by atoms with Crippen molar-refractivity contribution in [1.82, 2.24) is 10.2 Å². The van der Waals surface area contributed by atoms with Crippen LogP contribution in [0.15, 0.2) is 40.0 Å². The molecule has 2 N–H and O–H groups in total. The van der Waals surface area contributed by atoms with Crippen LogP contribution in [0.2, 0.25) is 0 Å². The molecule has 1 aromatic carbocycles. The number of hydrogen-bond acceptors (Lipinski definition) is 5. The van der Waals surface area contributed by atoms with Gasteiger partial charge in [-0.2, -0.15) is 0 Å². The summed E-state index contributed by atoms with van der Waals surface area (Å²) in [5.41, 5.74) is 7.30. The third kappa shape index (κ3) is 3.08. The molecule has 0 aliphatic heterocycles. The van der Waals surface area contributed by atoms with Gasteiger partial charge in [-0.3, -0.25) is 0 Å². The average Bonchev–Trinajstić information content (AvgIpc) is 2.75. The van der Waals surface area contributed by atoms with E-state index in [1.165, 1.54) is 11.8 Å². The number of hydrogen-bond donors (Lipinski definition) is 1. The molecule has 0 aliphatic carbocycles. The molecule has 2 unspecified atom stereocenters. The van der Waals surface area contributed by atoms with Crippen LogP contribution in [0.3, 0.4) is 0 Å². The van der Waals surface area contributed by atoms with Crippen LogP contribution in [-0.2, 0) is 0 Å². The molecule has 4 nitrogen and oxygen atoms in total. The monoisotopic (exact) mass is 249 g/mol. The lowest BCUT2D eigenvalue weighted by Gasteiger charge is -2.17. The Morgan fingerprint density at radius 2 is 1.94 bits per heavy atom. The maximum absolute atomic E-state index is 6.18. The predicted octanol–water partition coefficient (Wildman–Crippen LogP) is 2.56. The summed E-state index contributed by atoms with van der Waals surface area (Å²) in [7, 11) is 0. The first kappa shape index (κ1) is 12.1. The second-order valence-corrected chi connectivity index (χ2v) is 5.17. The van der Waals surface area contributed by atoms with Crippen molar-refractivity contribution in [3.05, 3.63) is 41.8 Å². The lowest BCUT2D eigenvalue weighted by molar-refractivity contribution is 0.428. The normalized spacial score (nSPS) is 14.5. The van der Waals surface area contributed by atoms with E-state index in [9.17, 15) is 0 Å². The molecule has 17 heavy (non-hydrogen) atoms. The van der Waals surface area contributed by atoms with E-state index in [4.69, 9.17) is 10.2 Å². The molecule has 0 bridgehead atoms. The van der Waals surface area contributed by atoms with Gasteiger partial charge in [0, 0.05) is 18.2 Å².